The summed E-state index contributed by atoms with van der Waals surface area (Å²) in [6.07, 6.45) is 3.19. The van der Waals surface area contributed by atoms with Gasteiger partial charge in [-0.15, -0.1) is 0 Å². The highest BCUT2D eigenvalue weighted by atomic mass is 16.6. The topological polar surface area (TPSA) is 87.7 Å². The Morgan fingerprint density at radius 2 is 2.04 bits per heavy atom. The molecule has 1 aromatic rings. The summed E-state index contributed by atoms with van der Waals surface area (Å²) < 4.78 is 4.80. The average molecular weight is 333 g/mol. The fourth-order valence-corrected chi connectivity index (χ4v) is 2.95. The number of carbonyl (C=O) groups excluding carboxylic acids is 2. The van der Waals surface area contributed by atoms with Crippen LogP contribution in [0, 0.1) is 6.92 Å². The van der Waals surface area contributed by atoms with Crippen LogP contribution in [0.1, 0.15) is 30.8 Å². The summed E-state index contributed by atoms with van der Waals surface area (Å²) in [7, 11) is 0. The van der Waals surface area contributed by atoms with Crippen LogP contribution in [-0.4, -0.2) is 59.7 Å². The normalized spacial score (nSPS) is 17.8. The predicted molar refractivity (Wildman–Crippen MR) is 87.6 cm³/mol. The third-order valence-corrected chi connectivity index (χ3v) is 4.19. The zero-order chi connectivity index (χ0) is 16.9. The standard InChI is InChI=1S/C16H23N5O3/c1-12-9-14(20-5-3-2-4-6-20)19-13(18-12)10-17-15(22)11-21-7-8-24-16(21)23/h9H,2-8,10-11H2,1H3,(H,17,22). The first-order chi connectivity index (χ1) is 11.6. The Morgan fingerprint density at radius 3 is 2.75 bits per heavy atom. The Kier molecular flexibility index (Phi) is 5.12. The molecule has 0 aromatic carbocycles. The van der Waals surface area contributed by atoms with Crippen molar-refractivity contribution < 1.29 is 14.3 Å². The van der Waals surface area contributed by atoms with Crippen molar-refractivity contribution in [2.45, 2.75) is 32.7 Å². The number of aromatic nitrogens is 2. The molecule has 130 valence electrons. The van der Waals surface area contributed by atoms with E-state index in [1.807, 2.05) is 13.0 Å². The van der Waals surface area contributed by atoms with Gasteiger partial charge in [0.1, 0.15) is 24.8 Å². The van der Waals surface area contributed by atoms with Gasteiger partial charge >= 0.3 is 6.09 Å². The van der Waals surface area contributed by atoms with Crippen LogP contribution < -0.4 is 10.2 Å². The first-order valence-electron chi connectivity index (χ1n) is 8.40. The molecule has 0 saturated carbocycles. The SMILES string of the molecule is Cc1cc(N2CCCCC2)nc(CNC(=O)CN2CCOC2=O)n1. The van der Waals surface area contributed by atoms with Gasteiger partial charge in [0.05, 0.1) is 13.1 Å². The molecule has 8 nitrogen and oxygen atoms in total. The van der Waals surface area contributed by atoms with E-state index in [0.29, 0.717) is 19.0 Å². The molecule has 1 N–H and O–H groups in total. The third kappa shape index (κ3) is 4.12. The lowest BCUT2D eigenvalue weighted by Crippen LogP contribution is -2.37. The van der Waals surface area contributed by atoms with Gasteiger partial charge in [-0.25, -0.2) is 14.8 Å². The zero-order valence-corrected chi connectivity index (χ0v) is 14.0. The minimum atomic E-state index is -0.440. The second kappa shape index (κ2) is 7.46. The molecule has 3 rings (SSSR count). The molecule has 2 aliphatic rings. The second-order valence-electron chi connectivity index (χ2n) is 6.14. The van der Waals surface area contributed by atoms with Gasteiger partial charge < -0.3 is 15.0 Å². The van der Waals surface area contributed by atoms with E-state index in [-0.39, 0.29) is 19.0 Å². The van der Waals surface area contributed by atoms with Crippen molar-refractivity contribution in [1.82, 2.24) is 20.2 Å². The van der Waals surface area contributed by atoms with Crippen molar-refractivity contribution in [1.29, 1.82) is 0 Å². The molecule has 2 saturated heterocycles. The molecule has 8 heteroatoms. The Morgan fingerprint density at radius 1 is 1.25 bits per heavy atom. The van der Waals surface area contributed by atoms with Gasteiger partial charge in [0.25, 0.3) is 0 Å². The van der Waals surface area contributed by atoms with Crippen LogP contribution >= 0.6 is 0 Å². The molecule has 2 fully saturated rings. The summed E-state index contributed by atoms with van der Waals surface area (Å²) in [5.74, 6) is 1.28. The van der Waals surface area contributed by atoms with Gasteiger partial charge in [-0.3, -0.25) is 9.69 Å². The zero-order valence-electron chi connectivity index (χ0n) is 14.0. The summed E-state index contributed by atoms with van der Waals surface area (Å²) in [4.78, 5) is 35.9. The number of hydrogen-bond donors (Lipinski definition) is 1. The van der Waals surface area contributed by atoms with Crippen LogP contribution in [0.2, 0.25) is 0 Å². The number of nitrogens with one attached hydrogen (secondary N) is 1. The van der Waals surface area contributed by atoms with E-state index in [9.17, 15) is 9.59 Å². The van der Waals surface area contributed by atoms with E-state index >= 15 is 0 Å². The van der Waals surface area contributed by atoms with Crippen LogP contribution in [0.4, 0.5) is 10.6 Å². The van der Waals surface area contributed by atoms with Gasteiger partial charge in [0.2, 0.25) is 5.91 Å². The first kappa shape index (κ1) is 16.5. The molecule has 2 aliphatic heterocycles. The Hall–Kier alpha value is -2.38. The molecule has 24 heavy (non-hydrogen) atoms. The quantitative estimate of drug-likeness (QED) is 0.859. The number of aryl methyl sites for hydroxylation is 1. The number of nitrogens with zero attached hydrogens (tertiary/aromatic N) is 4. The first-order valence-corrected chi connectivity index (χ1v) is 8.40. The lowest BCUT2D eigenvalue weighted by atomic mass is 10.1. The number of carbonyl (C=O) groups is 2. The summed E-state index contributed by atoms with van der Waals surface area (Å²) in [6.45, 7) is 5.01. The fraction of sp³-hybridized carbons (Fsp3) is 0.625. The smallest absolute Gasteiger partial charge is 0.410 e. The number of hydrogen-bond acceptors (Lipinski definition) is 6. The highest BCUT2D eigenvalue weighted by molar-refractivity contribution is 5.82. The van der Waals surface area contributed by atoms with E-state index in [0.717, 1.165) is 24.6 Å². The van der Waals surface area contributed by atoms with Crippen LogP contribution in [0.3, 0.4) is 0 Å². The van der Waals surface area contributed by atoms with E-state index in [2.05, 4.69) is 20.2 Å². The third-order valence-electron chi connectivity index (χ3n) is 4.19. The molecule has 0 bridgehead atoms. The minimum absolute atomic E-state index is 0.00360. The van der Waals surface area contributed by atoms with Crippen molar-refractivity contribution in [3.63, 3.8) is 0 Å². The van der Waals surface area contributed by atoms with Crippen LogP contribution in [0.15, 0.2) is 6.07 Å². The van der Waals surface area contributed by atoms with Gasteiger partial charge in [0, 0.05) is 24.8 Å². The van der Waals surface area contributed by atoms with Crippen molar-refractivity contribution in [2.75, 3.05) is 37.7 Å². The number of amides is 2. The number of cyclic esters (lactones) is 1. The largest absolute Gasteiger partial charge is 0.448 e. The van der Waals surface area contributed by atoms with Crippen molar-refractivity contribution in [3.8, 4) is 0 Å². The average Bonchev–Trinajstić information content (AvgIpc) is 2.98. The molecule has 0 unspecified atom stereocenters. The summed E-state index contributed by atoms with van der Waals surface area (Å²) in [5.41, 5.74) is 0.887. The van der Waals surface area contributed by atoms with Crippen LogP contribution in [0.25, 0.3) is 0 Å². The van der Waals surface area contributed by atoms with E-state index < -0.39 is 6.09 Å². The van der Waals surface area contributed by atoms with Crippen molar-refractivity contribution in [2.24, 2.45) is 0 Å². The van der Waals surface area contributed by atoms with E-state index in [1.54, 1.807) is 0 Å². The fourth-order valence-electron chi connectivity index (χ4n) is 2.95. The van der Waals surface area contributed by atoms with Gasteiger partial charge in [0.15, 0.2) is 0 Å². The molecule has 3 heterocycles. The maximum atomic E-state index is 12.0. The van der Waals surface area contributed by atoms with Crippen LogP contribution in [0.5, 0.6) is 0 Å². The molecule has 0 spiro atoms. The Balaban J connectivity index is 1.57. The Labute approximate surface area is 141 Å². The number of anilines is 1. The lowest BCUT2D eigenvalue weighted by molar-refractivity contribution is -0.121. The molecule has 0 atom stereocenters. The van der Waals surface area contributed by atoms with E-state index in [4.69, 9.17) is 4.74 Å². The summed E-state index contributed by atoms with van der Waals surface area (Å²) >= 11 is 0. The minimum Gasteiger partial charge on any atom is -0.448 e. The molecule has 0 aliphatic carbocycles. The number of ether oxygens (including phenoxy) is 1. The second-order valence-corrected chi connectivity index (χ2v) is 6.14. The summed E-state index contributed by atoms with van der Waals surface area (Å²) in [6, 6.07) is 1.98. The van der Waals surface area contributed by atoms with Gasteiger partial charge in [-0.05, 0) is 26.2 Å². The monoisotopic (exact) mass is 333 g/mol. The Bertz CT molecular complexity index is 616. The predicted octanol–water partition coefficient (Wildman–Crippen LogP) is 0.844. The van der Waals surface area contributed by atoms with Crippen molar-refractivity contribution >= 4 is 17.8 Å². The highest BCUT2D eigenvalue weighted by Gasteiger charge is 2.24. The molecule has 2 amide bonds. The molecule has 0 radical (unpaired) electrons. The van der Waals surface area contributed by atoms with Gasteiger partial charge in [-0.1, -0.05) is 0 Å². The summed E-state index contributed by atoms with van der Waals surface area (Å²) in [5, 5.41) is 2.77. The molecular formula is C16H23N5O3. The molecular weight excluding hydrogens is 310 g/mol. The maximum Gasteiger partial charge on any atom is 0.410 e. The number of rotatable bonds is 5. The van der Waals surface area contributed by atoms with Gasteiger partial charge in [-0.2, -0.15) is 0 Å². The maximum absolute atomic E-state index is 12.0. The highest BCUT2D eigenvalue weighted by Crippen LogP contribution is 2.18. The molecule has 1 aromatic heterocycles. The van der Waals surface area contributed by atoms with Crippen molar-refractivity contribution in [3.05, 3.63) is 17.6 Å². The van der Waals surface area contributed by atoms with E-state index in [1.165, 1.54) is 24.2 Å². The lowest BCUT2D eigenvalue weighted by Gasteiger charge is -2.28. The number of piperidine rings is 1. The van der Waals surface area contributed by atoms with Crippen LogP contribution in [-0.2, 0) is 16.1 Å².